The maximum atomic E-state index is 5.08. The second-order valence-electron chi connectivity index (χ2n) is 7.01. The van der Waals surface area contributed by atoms with Gasteiger partial charge in [-0.25, -0.2) is 15.0 Å². The molecule has 2 aliphatic rings. The van der Waals surface area contributed by atoms with E-state index in [1.165, 1.54) is 46.2 Å². The highest BCUT2D eigenvalue weighted by molar-refractivity contribution is 7.26. The number of rotatable bonds is 3. The minimum absolute atomic E-state index is 1.01. The predicted octanol–water partition coefficient (Wildman–Crippen LogP) is 3.09. The van der Waals surface area contributed by atoms with Gasteiger partial charge in [0.25, 0.3) is 0 Å². The van der Waals surface area contributed by atoms with Crippen molar-refractivity contribution in [2.45, 2.75) is 39.0 Å². The van der Waals surface area contributed by atoms with E-state index >= 15 is 0 Å². The van der Waals surface area contributed by atoms with Gasteiger partial charge >= 0.3 is 0 Å². The number of anilines is 1. The molecule has 3 aromatic heterocycles. The van der Waals surface area contributed by atoms with Crippen molar-refractivity contribution in [3.63, 3.8) is 0 Å². The van der Waals surface area contributed by atoms with Crippen LogP contribution in [0.1, 0.15) is 36.6 Å². The first-order chi connectivity index (χ1) is 12.4. The molecule has 25 heavy (non-hydrogen) atoms. The van der Waals surface area contributed by atoms with E-state index in [1.54, 1.807) is 17.7 Å². The largest absolute Gasteiger partial charge is 0.353 e. The van der Waals surface area contributed by atoms with Crippen molar-refractivity contribution in [1.82, 2.24) is 20.3 Å². The second-order valence-corrected chi connectivity index (χ2v) is 8.01. The zero-order valence-electron chi connectivity index (χ0n) is 14.6. The molecule has 5 nitrogen and oxygen atoms in total. The molecule has 4 heterocycles. The van der Waals surface area contributed by atoms with Gasteiger partial charge in [-0.05, 0) is 36.8 Å². The van der Waals surface area contributed by atoms with Crippen LogP contribution in [0.25, 0.3) is 20.4 Å². The van der Waals surface area contributed by atoms with E-state index in [9.17, 15) is 0 Å². The third kappa shape index (κ3) is 2.42. The molecule has 1 fully saturated rings. The highest BCUT2D eigenvalue weighted by Gasteiger charge is 2.25. The van der Waals surface area contributed by atoms with Gasteiger partial charge < -0.3 is 10.2 Å². The summed E-state index contributed by atoms with van der Waals surface area (Å²) in [5.74, 6) is 1.10. The van der Waals surface area contributed by atoms with E-state index < -0.39 is 0 Å². The number of aromatic nitrogens is 3. The van der Waals surface area contributed by atoms with Crippen LogP contribution in [-0.4, -0.2) is 41.1 Å². The summed E-state index contributed by atoms with van der Waals surface area (Å²) in [5.41, 5.74) is 5.48. The maximum absolute atomic E-state index is 5.08. The SMILES string of the molecule is CCCc1nc2sc3c(N4CCNCC4)ncnc3c2c2c1CCC2. The van der Waals surface area contributed by atoms with Gasteiger partial charge in [-0.3, -0.25) is 0 Å². The highest BCUT2D eigenvalue weighted by atomic mass is 32.1. The Morgan fingerprint density at radius 1 is 1.16 bits per heavy atom. The van der Waals surface area contributed by atoms with Crippen molar-refractivity contribution in [3.05, 3.63) is 23.1 Å². The molecular weight excluding hydrogens is 330 g/mol. The van der Waals surface area contributed by atoms with E-state index in [0.717, 1.165) is 55.2 Å². The fourth-order valence-electron chi connectivity index (χ4n) is 4.31. The average Bonchev–Trinajstić information content (AvgIpc) is 3.26. The maximum Gasteiger partial charge on any atom is 0.150 e. The topological polar surface area (TPSA) is 53.9 Å². The normalized spacial score (nSPS) is 17.6. The lowest BCUT2D eigenvalue weighted by molar-refractivity contribution is 0.586. The van der Waals surface area contributed by atoms with E-state index in [2.05, 4.69) is 22.1 Å². The van der Waals surface area contributed by atoms with Crippen molar-refractivity contribution in [2.75, 3.05) is 31.1 Å². The summed E-state index contributed by atoms with van der Waals surface area (Å²) in [4.78, 5) is 18.0. The Balaban J connectivity index is 1.76. The number of nitrogens with one attached hydrogen (secondary N) is 1. The monoisotopic (exact) mass is 353 g/mol. The Hall–Kier alpha value is -1.79. The summed E-state index contributed by atoms with van der Waals surface area (Å²) >= 11 is 1.79. The molecule has 1 aliphatic heterocycles. The van der Waals surface area contributed by atoms with Crippen LogP contribution >= 0.6 is 11.3 Å². The van der Waals surface area contributed by atoms with Crippen LogP contribution in [0.5, 0.6) is 0 Å². The first-order valence-corrected chi connectivity index (χ1v) is 10.2. The fraction of sp³-hybridized carbons (Fsp3) is 0.526. The summed E-state index contributed by atoms with van der Waals surface area (Å²) in [6.07, 6.45) is 7.59. The number of piperazine rings is 1. The van der Waals surface area contributed by atoms with Crippen molar-refractivity contribution in [3.8, 4) is 0 Å². The Morgan fingerprint density at radius 2 is 2.00 bits per heavy atom. The van der Waals surface area contributed by atoms with Gasteiger partial charge in [0.05, 0.1) is 10.2 Å². The molecule has 0 amide bonds. The van der Waals surface area contributed by atoms with Gasteiger partial charge in [-0.1, -0.05) is 13.3 Å². The molecule has 0 bridgehead atoms. The molecule has 0 aromatic carbocycles. The molecule has 1 aliphatic carbocycles. The molecule has 0 atom stereocenters. The first kappa shape index (κ1) is 15.5. The van der Waals surface area contributed by atoms with Crippen LogP contribution in [0.3, 0.4) is 0 Å². The van der Waals surface area contributed by atoms with Crippen molar-refractivity contribution >= 4 is 37.6 Å². The molecule has 130 valence electrons. The minimum Gasteiger partial charge on any atom is -0.353 e. The van der Waals surface area contributed by atoms with Gasteiger partial charge in [-0.15, -0.1) is 11.3 Å². The first-order valence-electron chi connectivity index (χ1n) is 9.40. The molecule has 1 N–H and O–H groups in total. The van der Waals surface area contributed by atoms with Crippen LogP contribution in [0, 0.1) is 0 Å². The zero-order chi connectivity index (χ0) is 16.8. The summed E-state index contributed by atoms with van der Waals surface area (Å²) in [6.45, 7) is 6.29. The minimum atomic E-state index is 1.01. The van der Waals surface area contributed by atoms with E-state index in [4.69, 9.17) is 9.97 Å². The summed E-state index contributed by atoms with van der Waals surface area (Å²) < 4.78 is 1.22. The standard InChI is InChI=1S/C19H23N5S/c1-2-4-14-12-5-3-6-13(12)15-16-17(25-19(15)23-14)18(22-11-21-16)24-9-7-20-8-10-24/h11,20H,2-10H2,1H3. The van der Waals surface area contributed by atoms with Crippen molar-refractivity contribution in [2.24, 2.45) is 0 Å². The third-order valence-corrected chi connectivity index (χ3v) is 6.51. The quantitative estimate of drug-likeness (QED) is 0.784. The third-order valence-electron chi connectivity index (χ3n) is 5.44. The number of nitrogens with zero attached hydrogens (tertiary/aromatic N) is 4. The molecule has 0 saturated carbocycles. The summed E-state index contributed by atoms with van der Waals surface area (Å²) in [6, 6.07) is 0. The number of fused-ring (bicyclic) bond motifs is 5. The number of thiophene rings is 1. The van der Waals surface area contributed by atoms with Gasteiger partial charge in [0, 0.05) is 37.3 Å². The van der Waals surface area contributed by atoms with Crippen LogP contribution in [0.15, 0.2) is 6.33 Å². The molecule has 0 radical (unpaired) electrons. The number of hydrogen-bond donors (Lipinski definition) is 1. The van der Waals surface area contributed by atoms with Crippen molar-refractivity contribution in [1.29, 1.82) is 0 Å². The molecular formula is C19H23N5S. The Labute approximate surface area is 151 Å². The van der Waals surface area contributed by atoms with Crippen LogP contribution < -0.4 is 10.2 Å². The van der Waals surface area contributed by atoms with E-state index in [-0.39, 0.29) is 0 Å². The lowest BCUT2D eigenvalue weighted by atomic mass is 10.0. The molecule has 1 saturated heterocycles. The molecule has 6 heteroatoms. The number of hydrogen-bond acceptors (Lipinski definition) is 6. The summed E-state index contributed by atoms with van der Waals surface area (Å²) in [5, 5.41) is 4.73. The average molecular weight is 353 g/mol. The highest BCUT2D eigenvalue weighted by Crippen LogP contribution is 2.42. The molecule has 5 rings (SSSR count). The Bertz CT molecular complexity index is 942. The number of aryl methyl sites for hydroxylation is 2. The molecule has 0 unspecified atom stereocenters. The van der Waals surface area contributed by atoms with Gasteiger partial charge in [0.1, 0.15) is 17.0 Å². The second kappa shape index (κ2) is 6.18. The van der Waals surface area contributed by atoms with Crippen molar-refractivity contribution < 1.29 is 0 Å². The lowest BCUT2D eigenvalue weighted by Crippen LogP contribution is -2.43. The molecule has 3 aromatic rings. The number of pyridine rings is 1. The van der Waals surface area contributed by atoms with E-state index in [0.29, 0.717) is 0 Å². The van der Waals surface area contributed by atoms with Crippen LogP contribution in [-0.2, 0) is 19.3 Å². The Kier molecular flexibility index (Phi) is 3.82. The van der Waals surface area contributed by atoms with Crippen LogP contribution in [0.2, 0.25) is 0 Å². The van der Waals surface area contributed by atoms with Gasteiger partial charge in [0.2, 0.25) is 0 Å². The van der Waals surface area contributed by atoms with Crippen LogP contribution in [0.4, 0.5) is 5.82 Å². The fourth-order valence-corrected chi connectivity index (χ4v) is 5.51. The van der Waals surface area contributed by atoms with Gasteiger partial charge in [0.15, 0.2) is 0 Å². The van der Waals surface area contributed by atoms with Gasteiger partial charge in [-0.2, -0.15) is 0 Å². The zero-order valence-corrected chi connectivity index (χ0v) is 15.5. The summed E-state index contributed by atoms with van der Waals surface area (Å²) in [7, 11) is 0. The lowest BCUT2D eigenvalue weighted by Gasteiger charge is -2.28. The smallest absolute Gasteiger partial charge is 0.150 e. The predicted molar refractivity (Wildman–Crippen MR) is 104 cm³/mol. The van der Waals surface area contributed by atoms with E-state index in [1.807, 2.05) is 0 Å². The molecule has 0 spiro atoms. The Morgan fingerprint density at radius 3 is 2.84 bits per heavy atom.